The summed E-state index contributed by atoms with van der Waals surface area (Å²) in [6.07, 6.45) is 3.71. The van der Waals surface area contributed by atoms with Crippen molar-refractivity contribution in [3.8, 4) is 0 Å². The van der Waals surface area contributed by atoms with Crippen LogP contribution in [0.2, 0.25) is 0 Å². The molecule has 1 aliphatic rings. The lowest BCUT2D eigenvalue weighted by Gasteiger charge is -2.44. The average Bonchev–Trinajstić information content (AvgIpc) is 2.52. The van der Waals surface area contributed by atoms with Gasteiger partial charge in [0.15, 0.2) is 5.79 Å². The molecular formula is C17H35NO4. The molecular weight excluding hydrogens is 282 g/mol. The summed E-state index contributed by atoms with van der Waals surface area (Å²) in [6.45, 7) is 8.76. The monoisotopic (exact) mass is 317 g/mol. The fourth-order valence-electron chi connectivity index (χ4n) is 3.33. The van der Waals surface area contributed by atoms with Gasteiger partial charge in [0.25, 0.3) is 0 Å². The highest BCUT2D eigenvalue weighted by Crippen LogP contribution is 2.33. The number of ether oxygens (including phenoxy) is 2. The standard InChI is InChI=1S/C17H35NO4/c1-5-17(20,6-2)21-11-7-8-15-16(18)14(9-10-19)12(3)13(4)22-15/h12-16,19-20H,5-11,18H2,1-4H3. The molecule has 1 saturated heterocycles. The summed E-state index contributed by atoms with van der Waals surface area (Å²) in [5.74, 6) is -0.348. The third-order valence-electron chi connectivity index (χ3n) is 5.30. The number of nitrogens with two attached hydrogens (primary N) is 1. The Bertz CT molecular complexity index is 309. The van der Waals surface area contributed by atoms with Crippen LogP contribution in [-0.4, -0.2) is 47.5 Å². The van der Waals surface area contributed by atoms with Crippen molar-refractivity contribution >= 4 is 0 Å². The van der Waals surface area contributed by atoms with Gasteiger partial charge in [0.2, 0.25) is 0 Å². The van der Waals surface area contributed by atoms with Gasteiger partial charge >= 0.3 is 0 Å². The van der Waals surface area contributed by atoms with Crippen LogP contribution in [0.1, 0.15) is 59.8 Å². The molecule has 5 heteroatoms. The first kappa shape index (κ1) is 19.8. The maximum atomic E-state index is 10.1. The second kappa shape index (κ2) is 9.18. The third-order valence-corrected chi connectivity index (χ3v) is 5.30. The smallest absolute Gasteiger partial charge is 0.164 e. The van der Waals surface area contributed by atoms with Crippen LogP contribution < -0.4 is 5.73 Å². The zero-order valence-electron chi connectivity index (χ0n) is 14.6. The summed E-state index contributed by atoms with van der Waals surface area (Å²) in [7, 11) is 0. The van der Waals surface area contributed by atoms with E-state index in [1.54, 1.807) is 0 Å². The number of aliphatic hydroxyl groups is 2. The Morgan fingerprint density at radius 3 is 2.36 bits per heavy atom. The highest BCUT2D eigenvalue weighted by Gasteiger charge is 2.39. The first-order valence-corrected chi connectivity index (χ1v) is 8.76. The molecule has 0 saturated carbocycles. The van der Waals surface area contributed by atoms with Crippen LogP contribution in [0.25, 0.3) is 0 Å². The molecule has 22 heavy (non-hydrogen) atoms. The van der Waals surface area contributed by atoms with E-state index in [2.05, 4.69) is 13.8 Å². The maximum Gasteiger partial charge on any atom is 0.164 e. The van der Waals surface area contributed by atoms with Crippen molar-refractivity contribution in [3.63, 3.8) is 0 Å². The lowest BCUT2D eigenvalue weighted by atomic mass is 9.77. The molecule has 0 radical (unpaired) electrons. The molecule has 5 unspecified atom stereocenters. The molecule has 1 rings (SSSR count). The van der Waals surface area contributed by atoms with Crippen molar-refractivity contribution in [2.45, 2.75) is 83.8 Å². The number of aliphatic hydroxyl groups excluding tert-OH is 1. The normalized spacial score (nSPS) is 33.1. The summed E-state index contributed by atoms with van der Waals surface area (Å²) in [6, 6.07) is -0.0467. The lowest BCUT2D eigenvalue weighted by molar-refractivity contribution is -0.208. The zero-order valence-corrected chi connectivity index (χ0v) is 14.6. The van der Waals surface area contributed by atoms with Crippen LogP contribution >= 0.6 is 0 Å². The molecule has 5 nitrogen and oxygen atoms in total. The predicted molar refractivity (Wildman–Crippen MR) is 87.4 cm³/mol. The summed E-state index contributed by atoms with van der Waals surface area (Å²) >= 11 is 0. The number of hydrogen-bond donors (Lipinski definition) is 3. The van der Waals surface area contributed by atoms with E-state index < -0.39 is 5.79 Å². The maximum absolute atomic E-state index is 10.1. The van der Waals surface area contributed by atoms with Gasteiger partial charge in [-0.1, -0.05) is 20.8 Å². The van der Waals surface area contributed by atoms with E-state index in [-0.39, 0.29) is 24.9 Å². The van der Waals surface area contributed by atoms with Crippen LogP contribution in [0, 0.1) is 11.8 Å². The first-order chi connectivity index (χ1) is 10.4. The fourth-order valence-corrected chi connectivity index (χ4v) is 3.33. The minimum atomic E-state index is -1.00. The van der Waals surface area contributed by atoms with Gasteiger partial charge in [0, 0.05) is 12.6 Å². The fraction of sp³-hybridized carbons (Fsp3) is 1.00. The third kappa shape index (κ3) is 5.17. The van der Waals surface area contributed by atoms with Gasteiger partial charge < -0.3 is 25.4 Å². The Balaban J connectivity index is 2.44. The van der Waals surface area contributed by atoms with E-state index in [1.165, 1.54) is 0 Å². The van der Waals surface area contributed by atoms with Crippen molar-refractivity contribution in [2.24, 2.45) is 17.6 Å². The largest absolute Gasteiger partial charge is 0.396 e. The minimum Gasteiger partial charge on any atom is -0.396 e. The van der Waals surface area contributed by atoms with Gasteiger partial charge in [-0.3, -0.25) is 0 Å². The van der Waals surface area contributed by atoms with Crippen molar-refractivity contribution in [1.29, 1.82) is 0 Å². The molecule has 0 aromatic heterocycles. The lowest BCUT2D eigenvalue weighted by Crippen LogP contribution is -2.54. The predicted octanol–water partition coefficient (Wildman–Crippen LogP) is 2.04. The van der Waals surface area contributed by atoms with Crippen LogP contribution in [0.5, 0.6) is 0 Å². The van der Waals surface area contributed by atoms with Gasteiger partial charge in [-0.2, -0.15) is 0 Å². The topological polar surface area (TPSA) is 84.9 Å². The summed E-state index contributed by atoms with van der Waals surface area (Å²) in [5.41, 5.74) is 6.36. The molecule has 1 fully saturated rings. The second-order valence-corrected chi connectivity index (χ2v) is 6.64. The summed E-state index contributed by atoms with van der Waals surface area (Å²) in [4.78, 5) is 0. The minimum absolute atomic E-state index is 0.00250. The molecule has 0 aromatic rings. The number of rotatable bonds is 9. The molecule has 1 heterocycles. The van der Waals surface area contributed by atoms with Crippen molar-refractivity contribution in [1.82, 2.24) is 0 Å². The first-order valence-electron chi connectivity index (χ1n) is 8.76. The van der Waals surface area contributed by atoms with Crippen LogP contribution in [0.3, 0.4) is 0 Å². The summed E-state index contributed by atoms with van der Waals surface area (Å²) < 4.78 is 11.6. The van der Waals surface area contributed by atoms with Crippen molar-refractivity contribution in [2.75, 3.05) is 13.2 Å². The van der Waals surface area contributed by atoms with Crippen LogP contribution in [-0.2, 0) is 9.47 Å². The van der Waals surface area contributed by atoms with Gasteiger partial charge in [-0.25, -0.2) is 0 Å². The highest BCUT2D eigenvalue weighted by molar-refractivity contribution is 4.91. The zero-order chi connectivity index (χ0) is 16.8. The number of hydrogen-bond acceptors (Lipinski definition) is 5. The van der Waals surface area contributed by atoms with Gasteiger partial charge in [0.1, 0.15) is 0 Å². The Kier molecular flexibility index (Phi) is 8.28. The molecule has 0 amide bonds. The van der Waals surface area contributed by atoms with Crippen molar-refractivity contribution in [3.05, 3.63) is 0 Å². The molecule has 0 spiro atoms. The summed E-state index contributed by atoms with van der Waals surface area (Å²) in [5, 5.41) is 19.3. The molecule has 0 aromatic carbocycles. The Labute approximate surface area is 135 Å². The van der Waals surface area contributed by atoms with Gasteiger partial charge in [-0.05, 0) is 50.9 Å². The second-order valence-electron chi connectivity index (χ2n) is 6.64. The Morgan fingerprint density at radius 1 is 1.18 bits per heavy atom. The van der Waals surface area contributed by atoms with Crippen molar-refractivity contribution < 1.29 is 19.7 Å². The van der Waals surface area contributed by atoms with Gasteiger partial charge in [-0.15, -0.1) is 0 Å². The quantitative estimate of drug-likeness (QED) is 0.447. The molecule has 0 aliphatic carbocycles. The van der Waals surface area contributed by atoms with E-state index in [9.17, 15) is 10.2 Å². The van der Waals surface area contributed by atoms with Crippen LogP contribution in [0.15, 0.2) is 0 Å². The Hall–Kier alpha value is -0.200. The molecule has 1 aliphatic heterocycles. The molecule has 5 atom stereocenters. The molecule has 0 bridgehead atoms. The van der Waals surface area contributed by atoms with E-state index in [4.69, 9.17) is 15.2 Å². The molecule has 4 N–H and O–H groups in total. The van der Waals surface area contributed by atoms with E-state index in [1.807, 2.05) is 13.8 Å². The average molecular weight is 317 g/mol. The SMILES string of the molecule is CCC(O)(CC)OCCCC1OC(C)C(C)C(CCO)C1N. The Morgan fingerprint density at radius 2 is 1.82 bits per heavy atom. The molecule has 132 valence electrons. The highest BCUT2D eigenvalue weighted by atomic mass is 16.6. The van der Waals surface area contributed by atoms with E-state index in [0.717, 1.165) is 19.3 Å². The van der Waals surface area contributed by atoms with Gasteiger partial charge in [0.05, 0.1) is 18.8 Å². The van der Waals surface area contributed by atoms with Crippen LogP contribution in [0.4, 0.5) is 0 Å². The van der Waals surface area contributed by atoms with E-state index in [0.29, 0.717) is 31.3 Å². The van der Waals surface area contributed by atoms with E-state index >= 15 is 0 Å².